The first-order valence-corrected chi connectivity index (χ1v) is 5.11. The van der Waals surface area contributed by atoms with Crippen LogP contribution in [0.5, 0.6) is 0 Å². The molecular weight excluding hydrogens is 179 g/mol. The Bertz CT molecular complexity index is 413. The van der Waals surface area contributed by atoms with Crippen molar-refractivity contribution in [1.82, 2.24) is 9.97 Å². The van der Waals surface area contributed by atoms with Gasteiger partial charge in [-0.05, 0) is 12.1 Å². The molecule has 0 saturated carbocycles. The zero-order chi connectivity index (χ0) is 8.55. The summed E-state index contributed by atoms with van der Waals surface area (Å²) < 4.78 is 11.0. The van der Waals surface area contributed by atoms with Crippen LogP contribution in [0.1, 0.15) is 1.43 Å². The molecule has 64 valence electrons. The fourth-order valence-electron chi connectivity index (χ4n) is 1.07. The van der Waals surface area contributed by atoms with Gasteiger partial charge in [-0.15, -0.1) is 0 Å². The first kappa shape index (κ1) is 10.5. The Balaban J connectivity index is 0.000000845. The zero-order valence-corrected chi connectivity index (χ0v) is 8.39. The number of imidazole rings is 1. The van der Waals surface area contributed by atoms with Crippen molar-refractivity contribution in [2.45, 2.75) is 5.16 Å². The monoisotopic (exact) mass is 188 g/mol. The normalized spacial score (nSPS) is 12.4. The third kappa shape index (κ3) is 2.02. The standard InChI is InChI=1S/C8H8N2OS.Li.H/c1-12(11)8-9-6-4-2-3-5-7(6)10-8;;/h2-5H,1H3,(H,9,10);;/q;+1;-1. The van der Waals surface area contributed by atoms with Gasteiger partial charge in [-0.3, -0.25) is 4.21 Å². The predicted octanol–water partition coefficient (Wildman–Crippen LogP) is -1.58. The molecule has 0 fully saturated rings. The third-order valence-corrected chi connectivity index (χ3v) is 2.38. The topological polar surface area (TPSA) is 45.8 Å². The maximum Gasteiger partial charge on any atom is 1.00 e. The number of hydrogen-bond acceptors (Lipinski definition) is 2. The molecule has 1 aromatic heterocycles. The van der Waals surface area contributed by atoms with Gasteiger partial charge in [-0.1, -0.05) is 12.1 Å². The number of para-hydroxylation sites is 2. The number of aromatic nitrogens is 2. The summed E-state index contributed by atoms with van der Waals surface area (Å²) in [6.45, 7) is 0. The van der Waals surface area contributed by atoms with E-state index in [-0.39, 0.29) is 20.3 Å². The maximum atomic E-state index is 11.0. The van der Waals surface area contributed by atoms with Gasteiger partial charge in [0.15, 0.2) is 5.16 Å². The Labute approximate surface area is 92.1 Å². The second kappa shape index (κ2) is 4.10. The minimum atomic E-state index is -1.03. The van der Waals surface area contributed by atoms with Crippen LogP contribution in [-0.4, -0.2) is 20.4 Å². The van der Waals surface area contributed by atoms with Crippen LogP contribution in [0.25, 0.3) is 11.0 Å². The summed E-state index contributed by atoms with van der Waals surface area (Å²) in [5.41, 5.74) is 1.80. The average Bonchev–Trinajstić information content (AvgIpc) is 2.46. The molecule has 3 nitrogen and oxygen atoms in total. The quantitative estimate of drug-likeness (QED) is 0.549. The molecule has 1 atom stereocenters. The number of nitrogens with zero attached hydrogens (tertiary/aromatic N) is 1. The van der Waals surface area contributed by atoms with E-state index in [4.69, 9.17) is 0 Å². The van der Waals surface area contributed by atoms with Crippen molar-refractivity contribution in [2.24, 2.45) is 0 Å². The van der Waals surface area contributed by atoms with E-state index in [1.54, 1.807) is 6.26 Å². The molecule has 2 aromatic rings. The summed E-state index contributed by atoms with van der Waals surface area (Å²) >= 11 is 0. The first-order chi connectivity index (χ1) is 5.77. The van der Waals surface area contributed by atoms with E-state index in [2.05, 4.69) is 9.97 Å². The van der Waals surface area contributed by atoms with E-state index >= 15 is 0 Å². The van der Waals surface area contributed by atoms with Crippen LogP contribution in [0.3, 0.4) is 0 Å². The van der Waals surface area contributed by atoms with Crippen molar-refractivity contribution in [2.75, 3.05) is 6.26 Å². The summed E-state index contributed by atoms with van der Waals surface area (Å²) in [7, 11) is -1.03. The van der Waals surface area contributed by atoms with Crippen molar-refractivity contribution in [3.8, 4) is 0 Å². The van der Waals surface area contributed by atoms with E-state index in [1.165, 1.54) is 0 Å². The number of nitrogens with one attached hydrogen (secondary N) is 1. The second-order valence-electron chi connectivity index (χ2n) is 2.51. The average molecular weight is 188 g/mol. The van der Waals surface area contributed by atoms with Gasteiger partial charge in [0.2, 0.25) is 0 Å². The minimum absolute atomic E-state index is 0. The number of rotatable bonds is 1. The smallest absolute Gasteiger partial charge is 1.00 e. The number of aromatic amines is 1. The summed E-state index contributed by atoms with van der Waals surface area (Å²) in [6, 6.07) is 7.63. The Morgan fingerprint density at radius 2 is 2.15 bits per heavy atom. The molecule has 0 spiro atoms. The van der Waals surface area contributed by atoms with E-state index in [0.29, 0.717) is 5.16 Å². The molecule has 0 radical (unpaired) electrons. The molecule has 1 heterocycles. The Morgan fingerprint density at radius 1 is 1.46 bits per heavy atom. The Kier molecular flexibility index (Phi) is 3.32. The van der Waals surface area contributed by atoms with Gasteiger partial charge in [0, 0.05) is 6.26 Å². The van der Waals surface area contributed by atoms with Gasteiger partial charge in [-0.2, -0.15) is 0 Å². The van der Waals surface area contributed by atoms with Crippen LogP contribution in [0.4, 0.5) is 0 Å². The van der Waals surface area contributed by atoms with Gasteiger partial charge >= 0.3 is 18.9 Å². The second-order valence-corrected chi connectivity index (χ2v) is 3.81. The fourth-order valence-corrected chi connectivity index (χ4v) is 1.55. The van der Waals surface area contributed by atoms with Gasteiger partial charge in [0.25, 0.3) is 0 Å². The summed E-state index contributed by atoms with van der Waals surface area (Å²) in [5, 5.41) is 0.538. The minimum Gasteiger partial charge on any atom is -1.00 e. The molecule has 0 bridgehead atoms. The van der Waals surface area contributed by atoms with Gasteiger partial charge in [0.1, 0.15) is 0 Å². The van der Waals surface area contributed by atoms with Crippen molar-refractivity contribution < 1.29 is 24.5 Å². The van der Waals surface area contributed by atoms with E-state index in [0.717, 1.165) is 11.0 Å². The van der Waals surface area contributed by atoms with E-state index < -0.39 is 10.8 Å². The molecule has 1 aromatic carbocycles. The molecule has 1 N–H and O–H groups in total. The van der Waals surface area contributed by atoms with E-state index in [9.17, 15) is 4.21 Å². The molecule has 0 amide bonds. The van der Waals surface area contributed by atoms with Gasteiger partial charge in [0.05, 0.1) is 21.8 Å². The van der Waals surface area contributed by atoms with Crippen LogP contribution < -0.4 is 18.9 Å². The molecule has 0 aliphatic rings. The molecule has 2 rings (SSSR count). The third-order valence-electron chi connectivity index (χ3n) is 1.64. The number of benzene rings is 1. The van der Waals surface area contributed by atoms with Crippen LogP contribution in [0.15, 0.2) is 29.4 Å². The van der Waals surface area contributed by atoms with E-state index in [1.807, 2.05) is 24.3 Å². The maximum absolute atomic E-state index is 11.0. The van der Waals surface area contributed by atoms with Crippen LogP contribution in [0.2, 0.25) is 0 Å². The molecular formula is C8H9LiN2OS. The fraction of sp³-hybridized carbons (Fsp3) is 0.125. The van der Waals surface area contributed by atoms with Crippen molar-refractivity contribution in [3.05, 3.63) is 24.3 Å². The summed E-state index contributed by atoms with van der Waals surface area (Å²) in [6.07, 6.45) is 1.61. The van der Waals surface area contributed by atoms with Crippen molar-refractivity contribution in [1.29, 1.82) is 0 Å². The molecule has 5 heteroatoms. The Hall–Kier alpha value is -0.563. The predicted molar refractivity (Wildman–Crippen MR) is 49.5 cm³/mol. The molecule has 1 unspecified atom stereocenters. The van der Waals surface area contributed by atoms with Crippen LogP contribution in [-0.2, 0) is 10.8 Å². The molecule has 0 saturated heterocycles. The number of H-pyrrole nitrogens is 1. The van der Waals surface area contributed by atoms with Gasteiger partial charge in [-0.25, -0.2) is 4.98 Å². The van der Waals surface area contributed by atoms with Crippen molar-refractivity contribution in [3.63, 3.8) is 0 Å². The number of hydrogen-bond donors (Lipinski definition) is 1. The van der Waals surface area contributed by atoms with Crippen LogP contribution in [0, 0.1) is 0 Å². The van der Waals surface area contributed by atoms with Crippen LogP contribution >= 0.6 is 0 Å². The Morgan fingerprint density at radius 3 is 2.77 bits per heavy atom. The first-order valence-electron chi connectivity index (χ1n) is 3.55. The summed E-state index contributed by atoms with van der Waals surface area (Å²) in [5.74, 6) is 0. The largest absolute Gasteiger partial charge is 1.00 e. The SMILES string of the molecule is CS(=O)c1nc2ccccc2[nH]1.[H-].[Li+]. The molecule has 0 aliphatic heterocycles. The molecule has 0 aliphatic carbocycles. The summed E-state index contributed by atoms with van der Waals surface area (Å²) in [4.78, 5) is 7.14. The van der Waals surface area contributed by atoms with Crippen molar-refractivity contribution >= 4 is 21.8 Å². The zero-order valence-electron chi connectivity index (χ0n) is 8.57. The number of fused-ring (bicyclic) bond motifs is 1. The van der Waals surface area contributed by atoms with Gasteiger partial charge < -0.3 is 6.41 Å². The molecule has 13 heavy (non-hydrogen) atoms.